The molecule has 6 heteroatoms. The minimum absolute atomic E-state index is 0.0591. The van der Waals surface area contributed by atoms with Gasteiger partial charge in [-0.3, -0.25) is 9.59 Å². The molecule has 1 saturated heterocycles. The molecule has 0 aromatic heterocycles. The lowest BCUT2D eigenvalue weighted by Gasteiger charge is -2.29. The fourth-order valence-electron chi connectivity index (χ4n) is 3.58. The number of methoxy groups -OCH3 is 2. The topological polar surface area (TPSA) is 76.7 Å². The van der Waals surface area contributed by atoms with E-state index in [4.69, 9.17) is 9.47 Å². The molecule has 26 heavy (non-hydrogen) atoms. The maximum Gasteiger partial charge on any atom is 0.220 e. The van der Waals surface area contributed by atoms with Crippen LogP contribution in [0.25, 0.3) is 0 Å². The maximum atomic E-state index is 12.1. The molecule has 2 fully saturated rings. The fraction of sp³-hybridized carbons (Fsp3) is 0.600. The number of carbonyl (C=O) groups excluding carboxylic acids is 2. The molecule has 0 bridgehead atoms. The molecule has 2 N–H and O–H groups in total. The number of benzene rings is 1. The van der Waals surface area contributed by atoms with Crippen molar-refractivity contribution < 1.29 is 19.1 Å². The van der Waals surface area contributed by atoms with E-state index in [1.54, 1.807) is 14.2 Å². The van der Waals surface area contributed by atoms with Gasteiger partial charge in [0, 0.05) is 24.9 Å². The zero-order chi connectivity index (χ0) is 18.6. The summed E-state index contributed by atoms with van der Waals surface area (Å²) in [6.07, 6.45) is 5.45. The summed E-state index contributed by atoms with van der Waals surface area (Å²) >= 11 is 0. The minimum Gasteiger partial charge on any atom is -0.493 e. The predicted molar refractivity (Wildman–Crippen MR) is 98.3 cm³/mol. The van der Waals surface area contributed by atoms with E-state index < -0.39 is 0 Å². The highest BCUT2D eigenvalue weighted by atomic mass is 16.5. The average Bonchev–Trinajstić information content (AvgIpc) is 3.41. The van der Waals surface area contributed by atoms with Crippen molar-refractivity contribution in [1.82, 2.24) is 10.6 Å². The molecule has 2 aliphatic rings. The normalized spacial score (nSPS) is 22.0. The van der Waals surface area contributed by atoms with Crippen LogP contribution in [-0.2, 0) is 16.0 Å². The van der Waals surface area contributed by atoms with Gasteiger partial charge in [0.2, 0.25) is 11.8 Å². The van der Waals surface area contributed by atoms with E-state index >= 15 is 0 Å². The van der Waals surface area contributed by atoms with E-state index in [0.29, 0.717) is 43.1 Å². The first-order valence-corrected chi connectivity index (χ1v) is 9.32. The van der Waals surface area contributed by atoms with Gasteiger partial charge in [0.25, 0.3) is 0 Å². The zero-order valence-corrected chi connectivity index (χ0v) is 15.6. The van der Waals surface area contributed by atoms with Crippen molar-refractivity contribution in [3.8, 4) is 11.5 Å². The van der Waals surface area contributed by atoms with Crippen molar-refractivity contribution >= 4 is 11.8 Å². The third kappa shape index (κ3) is 4.68. The SMILES string of the molecule is COc1ccc(CC2(CCC(=O)NCC3CC3)CCC(=O)N2)cc1OC. The molecule has 0 spiro atoms. The minimum atomic E-state index is -0.367. The van der Waals surface area contributed by atoms with Gasteiger partial charge < -0.3 is 20.1 Å². The molecular formula is C20H28N2O4. The first-order chi connectivity index (χ1) is 12.5. The first-order valence-electron chi connectivity index (χ1n) is 9.32. The largest absolute Gasteiger partial charge is 0.493 e. The third-order valence-electron chi connectivity index (χ3n) is 5.34. The molecule has 2 amide bonds. The molecule has 1 atom stereocenters. The molecule has 1 heterocycles. The van der Waals surface area contributed by atoms with E-state index in [1.807, 2.05) is 18.2 Å². The van der Waals surface area contributed by atoms with Gasteiger partial charge in [-0.05, 0) is 55.7 Å². The fourth-order valence-corrected chi connectivity index (χ4v) is 3.58. The lowest BCUT2D eigenvalue weighted by Crippen LogP contribution is -2.44. The van der Waals surface area contributed by atoms with Crippen LogP contribution in [0.4, 0.5) is 0 Å². The number of hydrogen-bond acceptors (Lipinski definition) is 4. The second-order valence-electron chi connectivity index (χ2n) is 7.44. The Morgan fingerprint density at radius 3 is 2.65 bits per heavy atom. The zero-order valence-electron chi connectivity index (χ0n) is 15.6. The highest BCUT2D eigenvalue weighted by molar-refractivity contribution is 5.80. The molecule has 1 aliphatic carbocycles. The van der Waals surface area contributed by atoms with E-state index in [1.165, 1.54) is 12.8 Å². The van der Waals surface area contributed by atoms with E-state index in [0.717, 1.165) is 18.5 Å². The van der Waals surface area contributed by atoms with Crippen molar-refractivity contribution in [2.45, 2.75) is 50.5 Å². The Balaban J connectivity index is 1.65. The maximum absolute atomic E-state index is 12.1. The summed E-state index contributed by atoms with van der Waals surface area (Å²) < 4.78 is 10.7. The Kier molecular flexibility index (Phi) is 5.69. The molecule has 1 aromatic rings. The second kappa shape index (κ2) is 7.98. The number of carbonyl (C=O) groups is 2. The second-order valence-corrected chi connectivity index (χ2v) is 7.44. The smallest absolute Gasteiger partial charge is 0.220 e. The standard InChI is InChI=1S/C20H28N2O4/c1-25-16-6-5-15(11-17(16)26-2)12-20(10-8-19(24)22-20)9-7-18(23)21-13-14-3-4-14/h5-6,11,14H,3-4,7-10,12-13H2,1-2H3,(H,21,23)(H,22,24). The van der Waals surface area contributed by atoms with Crippen LogP contribution >= 0.6 is 0 Å². The number of hydrogen-bond donors (Lipinski definition) is 2. The number of nitrogens with one attached hydrogen (secondary N) is 2. The summed E-state index contributed by atoms with van der Waals surface area (Å²) in [5, 5.41) is 6.13. The monoisotopic (exact) mass is 360 g/mol. The van der Waals surface area contributed by atoms with Crippen LogP contribution in [0.1, 0.15) is 44.1 Å². The van der Waals surface area contributed by atoms with Gasteiger partial charge in [0.1, 0.15) is 0 Å². The highest BCUT2D eigenvalue weighted by Gasteiger charge is 2.38. The van der Waals surface area contributed by atoms with Gasteiger partial charge in [-0.25, -0.2) is 0 Å². The molecular weight excluding hydrogens is 332 g/mol. The van der Waals surface area contributed by atoms with Gasteiger partial charge in [0.05, 0.1) is 14.2 Å². The number of rotatable bonds is 9. The number of amides is 2. The summed E-state index contributed by atoms with van der Waals surface area (Å²) in [6, 6.07) is 5.81. The summed E-state index contributed by atoms with van der Waals surface area (Å²) in [7, 11) is 3.22. The molecule has 1 aliphatic heterocycles. The molecule has 1 saturated carbocycles. The van der Waals surface area contributed by atoms with E-state index in [2.05, 4.69) is 10.6 Å². The lowest BCUT2D eigenvalue weighted by atomic mass is 9.85. The highest BCUT2D eigenvalue weighted by Crippen LogP contribution is 2.33. The molecule has 0 radical (unpaired) electrons. The van der Waals surface area contributed by atoms with Crippen molar-refractivity contribution in [2.24, 2.45) is 5.92 Å². The van der Waals surface area contributed by atoms with E-state index in [-0.39, 0.29) is 17.4 Å². The van der Waals surface area contributed by atoms with Crippen LogP contribution in [0.5, 0.6) is 11.5 Å². The third-order valence-corrected chi connectivity index (χ3v) is 5.34. The summed E-state index contributed by atoms with van der Waals surface area (Å²) in [5.41, 5.74) is 0.691. The Morgan fingerprint density at radius 2 is 2.04 bits per heavy atom. The molecule has 1 unspecified atom stereocenters. The van der Waals surface area contributed by atoms with Crippen LogP contribution < -0.4 is 20.1 Å². The van der Waals surface area contributed by atoms with Gasteiger partial charge >= 0.3 is 0 Å². The molecule has 1 aromatic carbocycles. The van der Waals surface area contributed by atoms with Crippen LogP contribution in [0.2, 0.25) is 0 Å². The Bertz CT molecular complexity index is 672. The van der Waals surface area contributed by atoms with Crippen LogP contribution in [0.3, 0.4) is 0 Å². The van der Waals surface area contributed by atoms with Crippen molar-refractivity contribution in [3.63, 3.8) is 0 Å². The van der Waals surface area contributed by atoms with Crippen molar-refractivity contribution in [2.75, 3.05) is 20.8 Å². The molecule has 3 rings (SSSR count). The summed E-state index contributed by atoms with van der Waals surface area (Å²) in [6.45, 7) is 0.786. The van der Waals surface area contributed by atoms with E-state index in [9.17, 15) is 9.59 Å². The van der Waals surface area contributed by atoms with Crippen molar-refractivity contribution in [1.29, 1.82) is 0 Å². The summed E-state index contributed by atoms with van der Waals surface area (Å²) in [5.74, 6) is 2.16. The molecule has 6 nitrogen and oxygen atoms in total. The van der Waals surface area contributed by atoms with Crippen LogP contribution in [0.15, 0.2) is 18.2 Å². The lowest BCUT2D eigenvalue weighted by molar-refractivity contribution is -0.122. The quantitative estimate of drug-likeness (QED) is 0.708. The Hall–Kier alpha value is -2.24. The van der Waals surface area contributed by atoms with Gasteiger partial charge in [0.15, 0.2) is 11.5 Å². The summed E-state index contributed by atoms with van der Waals surface area (Å²) in [4.78, 5) is 24.0. The van der Waals surface area contributed by atoms with Gasteiger partial charge in [-0.2, -0.15) is 0 Å². The van der Waals surface area contributed by atoms with Crippen molar-refractivity contribution in [3.05, 3.63) is 23.8 Å². The number of ether oxygens (including phenoxy) is 2. The van der Waals surface area contributed by atoms with Gasteiger partial charge in [-0.1, -0.05) is 6.07 Å². The average molecular weight is 360 g/mol. The van der Waals surface area contributed by atoms with Crippen LogP contribution in [0, 0.1) is 5.92 Å². The Morgan fingerprint density at radius 1 is 1.27 bits per heavy atom. The first kappa shape index (κ1) is 18.5. The van der Waals surface area contributed by atoms with Crippen LogP contribution in [-0.4, -0.2) is 38.1 Å². The predicted octanol–water partition coefficient (Wildman–Crippen LogP) is 2.20. The Labute approximate surface area is 154 Å². The molecule has 142 valence electrons. The van der Waals surface area contributed by atoms with Gasteiger partial charge in [-0.15, -0.1) is 0 Å².